The Balaban J connectivity index is 2.12. The molecule has 1 saturated carbocycles. The highest BCUT2D eigenvalue weighted by molar-refractivity contribution is 9.10. The Labute approximate surface area is 130 Å². The maximum atomic E-state index is 12.3. The number of hydrogen-bond donors (Lipinski definition) is 2. The van der Waals surface area contributed by atoms with Crippen molar-refractivity contribution >= 4 is 45.1 Å². The summed E-state index contributed by atoms with van der Waals surface area (Å²) in [5.74, 6) is -2.24. The Bertz CT molecular complexity index is 535. The molecule has 6 heteroatoms. The molecule has 0 spiro atoms. The van der Waals surface area contributed by atoms with E-state index in [0.29, 0.717) is 23.6 Å². The van der Waals surface area contributed by atoms with Crippen LogP contribution in [0.3, 0.4) is 0 Å². The summed E-state index contributed by atoms with van der Waals surface area (Å²) in [5.41, 5.74) is 0.509. The van der Waals surface area contributed by atoms with E-state index in [1.54, 1.807) is 18.2 Å². The van der Waals surface area contributed by atoms with Gasteiger partial charge in [0.05, 0.1) is 22.5 Å². The smallest absolute Gasteiger partial charge is 0.307 e. The number of aliphatic carboxylic acids is 1. The molecule has 1 aromatic carbocycles. The summed E-state index contributed by atoms with van der Waals surface area (Å²) in [6, 6.07) is 5.16. The van der Waals surface area contributed by atoms with Crippen LogP contribution in [0.4, 0.5) is 5.69 Å². The standard InChI is InChI=1S/C14H15BrClNO3/c15-8-5-6-12(11(16)7-8)17-13(18)9-3-1-2-4-10(9)14(19)20/h5-7,9-10H,1-4H2,(H,17,18)(H,19,20)/t9-,10-/m0/s1. The lowest BCUT2D eigenvalue weighted by Gasteiger charge is -2.27. The first-order valence-corrected chi connectivity index (χ1v) is 7.65. The number of carbonyl (C=O) groups excluding carboxylic acids is 1. The van der Waals surface area contributed by atoms with Crippen molar-refractivity contribution in [2.45, 2.75) is 25.7 Å². The molecule has 1 aromatic rings. The maximum Gasteiger partial charge on any atom is 0.307 e. The van der Waals surface area contributed by atoms with Gasteiger partial charge in [-0.3, -0.25) is 9.59 Å². The Morgan fingerprint density at radius 1 is 1.25 bits per heavy atom. The Hall–Kier alpha value is -1.07. The van der Waals surface area contributed by atoms with E-state index < -0.39 is 17.8 Å². The van der Waals surface area contributed by atoms with E-state index in [2.05, 4.69) is 21.2 Å². The zero-order valence-electron chi connectivity index (χ0n) is 10.7. The van der Waals surface area contributed by atoms with Crippen molar-refractivity contribution in [3.05, 3.63) is 27.7 Å². The molecule has 2 rings (SSSR count). The van der Waals surface area contributed by atoms with E-state index >= 15 is 0 Å². The number of benzene rings is 1. The molecule has 1 aliphatic rings. The molecule has 20 heavy (non-hydrogen) atoms. The van der Waals surface area contributed by atoms with Crippen LogP contribution in [0.15, 0.2) is 22.7 Å². The van der Waals surface area contributed by atoms with Crippen molar-refractivity contribution in [2.75, 3.05) is 5.32 Å². The van der Waals surface area contributed by atoms with Crippen LogP contribution in [-0.2, 0) is 9.59 Å². The van der Waals surface area contributed by atoms with Gasteiger partial charge in [-0.25, -0.2) is 0 Å². The van der Waals surface area contributed by atoms with Crippen molar-refractivity contribution in [3.63, 3.8) is 0 Å². The van der Waals surface area contributed by atoms with E-state index in [9.17, 15) is 14.7 Å². The Kier molecular flexibility index (Phi) is 5.05. The topological polar surface area (TPSA) is 66.4 Å². The monoisotopic (exact) mass is 359 g/mol. The summed E-state index contributed by atoms with van der Waals surface area (Å²) >= 11 is 9.34. The van der Waals surface area contributed by atoms with Crippen LogP contribution in [0.5, 0.6) is 0 Å². The van der Waals surface area contributed by atoms with Crippen LogP contribution < -0.4 is 5.32 Å². The van der Waals surface area contributed by atoms with Crippen LogP contribution in [0, 0.1) is 11.8 Å². The lowest BCUT2D eigenvalue weighted by molar-refractivity contribution is -0.147. The zero-order valence-corrected chi connectivity index (χ0v) is 13.1. The second-order valence-electron chi connectivity index (χ2n) is 4.95. The van der Waals surface area contributed by atoms with Crippen LogP contribution in [0.2, 0.25) is 5.02 Å². The van der Waals surface area contributed by atoms with Gasteiger partial charge < -0.3 is 10.4 Å². The lowest BCUT2D eigenvalue weighted by Crippen LogP contribution is -2.36. The van der Waals surface area contributed by atoms with Crippen molar-refractivity contribution in [3.8, 4) is 0 Å². The van der Waals surface area contributed by atoms with Gasteiger partial charge >= 0.3 is 5.97 Å². The van der Waals surface area contributed by atoms with Gasteiger partial charge in [0, 0.05) is 4.47 Å². The van der Waals surface area contributed by atoms with Crippen LogP contribution in [0.1, 0.15) is 25.7 Å². The summed E-state index contributed by atoms with van der Waals surface area (Å²) < 4.78 is 0.821. The van der Waals surface area contributed by atoms with E-state index in [0.717, 1.165) is 17.3 Å². The van der Waals surface area contributed by atoms with Gasteiger partial charge in [0.2, 0.25) is 5.91 Å². The fourth-order valence-corrected chi connectivity index (χ4v) is 3.28. The van der Waals surface area contributed by atoms with Gasteiger partial charge in [-0.05, 0) is 31.0 Å². The number of hydrogen-bond acceptors (Lipinski definition) is 2. The summed E-state index contributed by atoms with van der Waals surface area (Å²) in [4.78, 5) is 23.5. The number of carboxylic acids is 1. The molecule has 108 valence electrons. The summed E-state index contributed by atoms with van der Waals surface area (Å²) in [6.07, 6.45) is 2.91. The number of carboxylic acid groups (broad SMARTS) is 1. The molecule has 0 saturated heterocycles. The highest BCUT2D eigenvalue weighted by Gasteiger charge is 2.35. The first-order chi connectivity index (χ1) is 9.49. The minimum Gasteiger partial charge on any atom is -0.481 e. The van der Waals surface area contributed by atoms with E-state index in [-0.39, 0.29) is 5.91 Å². The Morgan fingerprint density at radius 3 is 2.50 bits per heavy atom. The lowest BCUT2D eigenvalue weighted by atomic mass is 9.78. The molecule has 0 heterocycles. The maximum absolute atomic E-state index is 12.3. The fraction of sp³-hybridized carbons (Fsp3) is 0.429. The Morgan fingerprint density at radius 2 is 1.90 bits per heavy atom. The first-order valence-electron chi connectivity index (χ1n) is 6.48. The molecule has 1 fully saturated rings. The number of carbonyl (C=O) groups is 2. The first kappa shape index (κ1) is 15.3. The molecule has 2 N–H and O–H groups in total. The summed E-state index contributed by atoms with van der Waals surface area (Å²) in [5, 5.41) is 12.4. The second kappa shape index (κ2) is 6.59. The van der Waals surface area contributed by atoms with E-state index in [4.69, 9.17) is 11.6 Å². The van der Waals surface area contributed by atoms with E-state index in [1.807, 2.05) is 0 Å². The molecular formula is C14H15BrClNO3. The summed E-state index contributed by atoms with van der Waals surface area (Å²) in [7, 11) is 0. The third-order valence-corrected chi connectivity index (χ3v) is 4.41. The van der Waals surface area contributed by atoms with Gasteiger partial charge in [0.25, 0.3) is 0 Å². The van der Waals surface area contributed by atoms with Crippen LogP contribution in [0.25, 0.3) is 0 Å². The molecule has 0 aliphatic heterocycles. The molecule has 2 atom stereocenters. The minimum atomic E-state index is -0.897. The predicted octanol–water partition coefficient (Wildman–Crippen LogP) is 3.93. The van der Waals surface area contributed by atoms with Crippen LogP contribution >= 0.6 is 27.5 Å². The van der Waals surface area contributed by atoms with Crippen LogP contribution in [-0.4, -0.2) is 17.0 Å². The number of nitrogens with one attached hydrogen (secondary N) is 1. The SMILES string of the molecule is O=C(O)[C@H]1CCCC[C@@H]1C(=O)Nc1ccc(Br)cc1Cl. The molecule has 1 aliphatic carbocycles. The molecule has 1 amide bonds. The van der Waals surface area contributed by atoms with Crippen molar-refractivity contribution < 1.29 is 14.7 Å². The molecular weight excluding hydrogens is 346 g/mol. The summed E-state index contributed by atoms with van der Waals surface area (Å²) in [6.45, 7) is 0. The third-order valence-electron chi connectivity index (χ3n) is 3.61. The third kappa shape index (κ3) is 3.52. The molecule has 0 unspecified atom stereocenters. The molecule has 4 nitrogen and oxygen atoms in total. The average molecular weight is 361 g/mol. The molecule has 0 radical (unpaired) electrons. The van der Waals surface area contributed by atoms with Gasteiger partial charge in [-0.2, -0.15) is 0 Å². The number of rotatable bonds is 3. The highest BCUT2D eigenvalue weighted by Crippen LogP contribution is 2.32. The number of anilines is 1. The number of amides is 1. The van der Waals surface area contributed by atoms with Gasteiger partial charge in [-0.1, -0.05) is 40.4 Å². The predicted molar refractivity (Wildman–Crippen MR) is 80.9 cm³/mol. The highest BCUT2D eigenvalue weighted by atomic mass is 79.9. The van der Waals surface area contributed by atoms with Gasteiger partial charge in [-0.15, -0.1) is 0 Å². The van der Waals surface area contributed by atoms with Crippen molar-refractivity contribution in [1.29, 1.82) is 0 Å². The van der Waals surface area contributed by atoms with Gasteiger partial charge in [0.15, 0.2) is 0 Å². The van der Waals surface area contributed by atoms with Crippen molar-refractivity contribution in [2.24, 2.45) is 11.8 Å². The quantitative estimate of drug-likeness (QED) is 0.858. The number of halogens is 2. The zero-order chi connectivity index (χ0) is 14.7. The normalized spacial score (nSPS) is 22.3. The van der Waals surface area contributed by atoms with Crippen molar-refractivity contribution in [1.82, 2.24) is 0 Å². The fourth-order valence-electron chi connectivity index (χ4n) is 2.56. The van der Waals surface area contributed by atoms with E-state index in [1.165, 1.54) is 0 Å². The minimum absolute atomic E-state index is 0.263. The van der Waals surface area contributed by atoms with Gasteiger partial charge in [0.1, 0.15) is 0 Å². The largest absolute Gasteiger partial charge is 0.481 e. The molecule has 0 aromatic heterocycles. The molecule has 0 bridgehead atoms. The average Bonchev–Trinajstić information content (AvgIpc) is 2.41. The second-order valence-corrected chi connectivity index (χ2v) is 6.27.